The van der Waals surface area contributed by atoms with E-state index in [2.05, 4.69) is 29.0 Å². The summed E-state index contributed by atoms with van der Waals surface area (Å²) in [5.41, 5.74) is 0.310. The SMILES string of the molecule is COC(=O)CC(C)NCC1(N(C)C)CCC1. The number of ether oxygens (including phenoxy) is 1. The normalized spacial score (nSPS) is 20.3. The molecular formula is C12H24N2O2. The van der Waals surface area contributed by atoms with Crippen LogP contribution in [-0.4, -0.2) is 50.2 Å². The van der Waals surface area contributed by atoms with Crippen molar-refractivity contribution in [2.24, 2.45) is 0 Å². The summed E-state index contributed by atoms with van der Waals surface area (Å²) in [4.78, 5) is 13.4. The van der Waals surface area contributed by atoms with E-state index in [4.69, 9.17) is 0 Å². The van der Waals surface area contributed by atoms with E-state index in [0.717, 1.165) is 6.54 Å². The molecule has 0 aliphatic heterocycles. The van der Waals surface area contributed by atoms with Gasteiger partial charge in [0.25, 0.3) is 0 Å². The van der Waals surface area contributed by atoms with E-state index < -0.39 is 0 Å². The average Bonchev–Trinajstić information content (AvgIpc) is 2.15. The van der Waals surface area contributed by atoms with E-state index in [9.17, 15) is 4.79 Å². The average molecular weight is 228 g/mol. The van der Waals surface area contributed by atoms with Crippen molar-refractivity contribution in [3.05, 3.63) is 0 Å². The van der Waals surface area contributed by atoms with Gasteiger partial charge in [0.1, 0.15) is 0 Å². The molecule has 0 bridgehead atoms. The molecule has 0 radical (unpaired) electrons. The first-order valence-electron chi connectivity index (χ1n) is 5.98. The number of carbonyl (C=O) groups is 1. The van der Waals surface area contributed by atoms with Crippen LogP contribution in [0.15, 0.2) is 0 Å². The van der Waals surface area contributed by atoms with Crippen LogP contribution in [0.5, 0.6) is 0 Å². The first kappa shape index (κ1) is 13.5. The molecule has 1 fully saturated rings. The Hall–Kier alpha value is -0.610. The molecule has 0 aromatic carbocycles. The zero-order valence-corrected chi connectivity index (χ0v) is 10.9. The van der Waals surface area contributed by atoms with Gasteiger partial charge < -0.3 is 15.0 Å². The quantitative estimate of drug-likeness (QED) is 0.689. The van der Waals surface area contributed by atoms with Crippen LogP contribution in [0, 0.1) is 0 Å². The van der Waals surface area contributed by atoms with Crippen molar-refractivity contribution in [2.45, 2.75) is 44.2 Å². The Balaban J connectivity index is 2.30. The van der Waals surface area contributed by atoms with Crippen molar-refractivity contribution in [1.82, 2.24) is 10.2 Å². The molecule has 16 heavy (non-hydrogen) atoms. The van der Waals surface area contributed by atoms with E-state index >= 15 is 0 Å². The van der Waals surface area contributed by atoms with Crippen LogP contribution in [0.3, 0.4) is 0 Å². The zero-order valence-electron chi connectivity index (χ0n) is 10.9. The highest BCUT2D eigenvalue weighted by molar-refractivity contribution is 5.69. The molecule has 0 saturated heterocycles. The molecule has 94 valence electrons. The number of esters is 1. The lowest BCUT2D eigenvalue weighted by Gasteiger charge is -2.48. The van der Waals surface area contributed by atoms with E-state index in [1.54, 1.807) is 0 Å². The second-order valence-electron chi connectivity index (χ2n) is 5.03. The smallest absolute Gasteiger partial charge is 0.307 e. The number of hydrogen-bond donors (Lipinski definition) is 1. The second-order valence-corrected chi connectivity index (χ2v) is 5.03. The third-order valence-corrected chi connectivity index (χ3v) is 3.71. The Morgan fingerprint density at radius 1 is 1.50 bits per heavy atom. The van der Waals surface area contributed by atoms with Gasteiger partial charge in [0.15, 0.2) is 0 Å². The van der Waals surface area contributed by atoms with Crippen LogP contribution in [0.2, 0.25) is 0 Å². The summed E-state index contributed by atoms with van der Waals surface area (Å²) in [7, 11) is 5.69. The molecule has 0 heterocycles. The maximum atomic E-state index is 11.1. The number of rotatable bonds is 6. The Bertz CT molecular complexity index is 237. The van der Waals surface area contributed by atoms with Crippen LogP contribution < -0.4 is 5.32 Å². The number of nitrogens with zero attached hydrogens (tertiary/aromatic N) is 1. The van der Waals surface area contributed by atoms with Gasteiger partial charge in [-0.05, 0) is 40.3 Å². The van der Waals surface area contributed by atoms with Gasteiger partial charge in [-0.25, -0.2) is 0 Å². The largest absolute Gasteiger partial charge is 0.469 e. The predicted octanol–water partition coefficient (Wildman–Crippen LogP) is 1.01. The minimum absolute atomic E-state index is 0.146. The molecule has 4 heteroatoms. The van der Waals surface area contributed by atoms with Crippen molar-refractivity contribution >= 4 is 5.97 Å². The van der Waals surface area contributed by atoms with Gasteiger partial charge in [-0.2, -0.15) is 0 Å². The number of likely N-dealkylation sites (N-methyl/N-ethyl adjacent to an activating group) is 1. The molecule has 0 aromatic heterocycles. The number of nitrogens with one attached hydrogen (secondary N) is 1. The third kappa shape index (κ3) is 3.19. The lowest BCUT2D eigenvalue weighted by molar-refractivity contribution is -0.141. The first-order valence-corrected chi connectivity index (χ1v) is 5.98. The molecule has 1 rings (SSSR count). The van der Waals surface area contributed by atoms with Crippen molar-refractivity contribution in [1.29, 1.82) is 0 Å². The maximum absolute atomic E-state index is 11.1. The van der Waals surface area contributed by atoms with Gasteiger partial charge in [0.05, 0.1) is 13.5 Å². The fraction of sp³-hybridized carbons (Fsp3) is 0.917. The maximum Gasteiger partial charge on any atom is 0.307 e. The Labute approximate surface area is 98.3 Å². The summed E-state index contributed by atoms with van der Waals surface area (Å²) in [5, 5.41) is 3.43. The summed E-state index contributed by atoms with van der Waals surface area (Å²) >= 11 is 0. The molecule has 1 saturated carbocycles. The standard InChI is InChI=1S/C12H24N2O2/c1-10(8-11(15)16-4)13-9-12(14(2)3)6-5-7-12/h10,13H,5-9H2,1-4H3. The molecule has 0 aromatic rings. The molecule has 0 amide bonds. The molecule has 1 atom stereocenters. The minimum atomic E-state index is -0.146. The highest BCUT2D eigenvalue weighted by Crippen LogP contribution is 2.35. The monoisotopic (exact) mass is 228 g/mol. The fourth-order valence-corrected chi connectivity index (χ4v) is 2.14. The van der Waals surface area contributed by atoms with E-state index in [-0.39, 0.29) is 12.0 Å². The molecule has 0 spiro atoms. The lowest BCUT2D eigenvalue weighted by Crippen LogP contribution is -2.57. The molecule has 1 N–H and O–H groups in total. The van der Waals surface area contributed by atoms with Gasteiger partial charge in [-0.1, -0.05) is 0 Å². The molecule has 1 aliphatic rings. The Morgan fingerprint density at radius 2 is 2.12 bits per heavy atom. The molecule has 1 unspecified atom stereocenters. The van der Waals surface area contributed by atoms with E-state index in [0.29, 0.717) is 12.0 Å². The second kappa shape index (κ2) is 5.64. The van der Waals surface area contributed by atoms with Crippen molar-refractivity contribution in [2.75, 3.05) is 27.7 Å². The van der Waals surface area contributed by atoms with E-state index in [1.165, 1.54) is 26.4 Å². The summed E-state index contributed by atoms with van der Waals surface area (Å²) in [6.45, 7) is 2.98. The number of methoxy groups -OCH3 is 1. The van der Waals surface area contributed by atoms with Crippen molar-refractivity contribution in [3.63, 3.8) is 0 Å². The number of hydrogen-bond acceptors (Lipinski definition) is 4. The Morgan fingerprint density at radius 3 is 2.50 bits per heavy atom. The first-order chi connectivity index (χ1) is 7.50. The van der Waals surface area contributed by atoms with Crippen LogP contribution in [0.4, 0.5) is 0 Å². The highest BCUT2D eigenvalue weighted by atomic mass is 16.5. The zero-order chi connectivity index (χ0) is 12.2. The topological polar surface area (TPSA) is 41.6 Å². The fourth-order valence-electron chi connectivity index (χ4n) is 2.14. The van der Waals surface area contributed by atoms with Crippen molar-refractivity contribution in [3.8, 4) is 0 Å². The van der Waals surface area contributed by atoms with Crippen LogP contribution in [-0.2, 0) is 9.53 Å². The summed E-state index contributed by atoms with van der Waals surface area (Å²) < 4.78 is 4.65. The van der Waals surface area contributed by atoms with Gasteiger partial charge in [-0.15, -0.1) is 0 Å². The van der Waals surface area contributed by atoms with Crippen LogP contribution in [0.1, 0.15) is 32.6 Å². The van der Waals surface area contributed by atoms with Gasteiger partial charge >= 0.3 is 5.97 Å². The number of carbonyl (C=O) groups excluding carboxylic acids is 1. The highest BCUT2D eigenvalue weighted by Gasteiger charge is 2.38. The van der Waals surface area contributed by atoms with Crippen LogP contribution >= 0.6 is 0 Å². The third-order valence-electron chi connectivity index (χ3n) is 3.71. The minimum Gasteiger partial charge on any atom is -0.469 e. The van der Waals surface area contributed by atoms with Crippen molar-refractivity contribution < 1.29 is 9.53 Å². The predicted molar refractivity (Wildman–Crippen MR) is 64.4 cm³/mol. The van der Waals surface area contributed by atoms with Gasteiger partial charge in [0.2, 0.25) is 0 Å². The summed E-state index contributed by atoms with van der Waals surface area (Å²) in [6, 6.07) is 0.185. The molecular weight excluding hydrogens is 204 g/mol. The molecule has 4 nitrogen and oxygen atoms in total. The van der Waals surface area contributed by atoms with E-state index in [1.807, 2.05) is 6.92 Å². The summed E-state index contributed by atoms with van der Waals surface area (Å²) in [6.07, 6.45) is 4.25. The molecule has 1 aliphatic carbocycles. The Kier molecular flexibility index (Phi) is 4.74. The van der Waals surface area contributed by atoms with Crippen LogP contribution in [0.25, 0.3) is 0 Å². The summed E-state index contributed by atoms with van der Waals surface area (Å²) in [5.74, 6) is -0.146. The lowest BCUT2D eigenvalue weighted by atomic mass is 9.75. The van der Waals surface area contributed by atoms with Gasteiger partial charge in [0, 0.05) is 18.1 Å². The van der Waals surface area contributed by atoms with Gasteiger partial charge in [-0.3, -0.25) is 4.79 Å².